The lowest BCUT2D eigenvalue weighted by Gasteiger charge is -2.40. The molecule has 0 radical (unpaired) electrons. The fourth-order valence-corrected chi connectivity index (χ4v) is 3.59. The largest absolute Gasteiger partial charge is 0.454 e. The van der Waals surface area contributed by atoms with E-state index >= 15 is 0 Å². The summed E-state index contributed by atoms with van der Waals surface area (Å²) >= 11 is 0. The van der Waals surface area contributed by atoms with Gasteiger partial charge in [0, 0.05) is 4.91 Å². The van der Waals surface area contributed by atoms with Gasteiger partial charge in [0.1, 0.15) is 36.6 Å². The van der Waals surface area contributed by atoms with E-state index in [2.05, 4.69) is 16.9 Å². The molecule has 11 nitrogen and oxygen atoms in total. The van der Waals surface area contributed by atoms with Crippen LogP contribution in [-0.4, -0.2) is 82.5 Å². The third-order valence-corrected chi connectivity index (χ3v) is 5.66. The first kappa shape index (κ1) is 28.7. The number of carbonyl (C=O) groups is 1. The molecule has 4 N–H and O–H groups in total. The molecular formula is C24H35N3O8. The minimum absolute atomic E-state index is 0.323. The predicted octanol–water partition coefficient (Wildman–Crippen LogP) is 2.23. The second kappa shape index (κ2) is 15.5. The Hall–Kier alpha value is -2.50. The Morgan fingerprint density at radius 1 is 1.17 bits per heavy atom. The van der Waals surface area contributed by atoms with Gasteiger partial charge < -0.3 is 34.6 Å². The van der Waals surface area contributed by atoms with E-state index in [-0.39, 0.29) is 6.61 Å². The van der Waals surface area contributed by atoms with Crippen LogP contribution in [0.5, 0.6) is 0 Å². The topological polar surface area (TPSA) is 174 Å². The molecule has 2 rings (SSSR count). The molecule has 1 fully saturated rings. The molecule has 194 valence electrons. The Bertz CT molecular complexity index is 831. The molecule has 7 atom stereocenters. The monoisotopic (exact) mass is 493 g/mol. The van der Waals surface area contributed by atoms with E-state index < -0.39 is 55.4 Å². The fourth-order valence-electron chi connectivity index (χ4n) is 3.59. The van der Waals surface area contributed by atoms with Gasteiger partial charge in [-0.1, -0.05) is 55.6 Å². The molecule has 1 unspecified atom stereocenters. The van der Waals surface area contributed by atoms with E-state index in [0.717, 1.165) is 32.1 Å². The third kappa shape index (κ3) is 8.90. The summed E-state index contributed by atoms with van der Waals surface area (Å²) < 4.78 is 16.5. The zero-order valence-electron chi connectivity index (χ0n) is 19.8. The molecule has 35 heavy (non-hydrogen) atoms. The van der Waals surface area contributed by atoms with E-state index in [1.165, 1.54) is 0 Å². The highest BCUT2D eigenvalue weighted by Gasteiger charge is 2.44. The number of aliphatic hydroxyl groups is 4. The third-order valence-electron chi connectivity index (χ3n) is 5.66. The summed E-state index contributed by atoms with van der Waals surface area (Å²) in [6.07, 6.45) is 0.197. The SMILES string of the molecule is CCCCCCC=C[C@@H](OC(=O)c1ccccc1)C(CO[C@@H]1O[C@H](CO)[C@H](O)[C@H](O)[C@H]1O)N=[N+]=[N-]. The highest BCUT2D eigenvalue weighted by Crippen LogP contribution is 2.23. The number of nitrogens with zero attached hydrogens (tertiary/aromatic N) is 3. The number of rotatable bonds is 14. The van der Waals surface area contributed by atoms with Crippen molar-refractivity contribution in [2.75, 3.05) is 13.2 Å². The number of unbranched alkanes of at least 4 members (excludes halogenated alkanes) is 4. The van der Waals surface area contributed by atoms with Gasteiger partial charge in [-0.3, -0.25) is 0 Å². The number of azide groups is 1. The molecule has 1 aromatic rings. The van der Waals surface area contributed by atoms with Gasteiger partial charge in [-0.15, -0.1) is 0 Å². The Morgan fingerprint density at radius 3 is 2.57 bits per heavy atom. The molecule has 0 saturated carbocycles. The lowest BCUT2D eigenvalue weighted by molar-refractivity contribution is -0.302. The number of esters is 1. The smallest absolute Gasteiger partial charge is 0.338 e. The Labute approximate surface area is 204 Å². The van der Waals surface area contributed by atoms with Gasteiger partial charge in [0.15, 0.2) is 6.29 Å². The van der Waals surface area contributed by atoms with Crippen LogP contribution < -0.4 is 0 Å². The number of benzene rings is 1. The summed E-state index contributed by atoms with van der Waals surface area (Å²) in [7, 11) is 0. The lowest BCUT2D eigenvalue weighted by Crippen LogP contribution is -2.59. The van der Waals surface area contributed by atoms with E-state index in [9.17, 15) is 25.2 Å². The first-order chi connectivity index (χ1) is 16.9. The molecule has 1 aliphatic rings. The van der Waals surface area contributed by atoms with Gasteiger partial charge in [-0.05, 0) is 36.6 Å². The van der Waals surface area contributed by atoms with Crippen LogP contribution in [0, 0.1) is 0 Å². The Kier molecular flexibility index (Phi) is 12.7. The van der Waals surface area contributed by atoms with Crippen LogP contribution >= 0.6 is 0 Å². The molecule has 11 heteroatoms. The maximum Gasteiger partial charge on any atom is 0.338 e. The Balaban J connectivity index is 2.13. The first-order valence-corrected chi connectivity index (χ1v) is 11.8. The van der Waals surface area contributed by atoms with Crippen molar-refractivity contribution in [2.45, 2.75) is 81.9 Å². The molecule has 0 aliphatic carbocycles. The summed E-state index contributed by atoms with van der Waals surface area (Å²) in [4.78, 5) is 15.5. The summed E-state index contributed by atoms with van der Waals surface area (Å²) in [5.74, 6) is -0.614. The average molecular weight is 494 g/mol. The van der Waals surface area contributed by atoms with Crippen LogP contribution in [0.2, 0.25) is 0 Å². The molecule has 1 aliphatic heterocycles. The number of aliphatic hydroxyl groups excluding tert-OH is 4. The van der Waals surface area contributed by atoms with Crippen LogP contribution in [0.1, 0.15) is 49.4 Å². The standard InChI is InChI=1S/C24H35N3O8/c1-2-3-4-5-6-10-13-18(34-23(32)16-11-8-7-9-12-16)17(26-27-25)15-33-24-22(31)21(30)20(29)19(14-28)35-24/h7-13,17-22,24,28-31H,2-6,14-15H2,1H3/t17?,18-,19-,20+,21+,22-,24-/m1/s1. The predicted molar refractivity (Wildman–Crippen MR) is 126 cm³/mol. The van der Waals surface area contributed by atoms with E-state index in [1.54, 1.807) is 36.4 Å². The van der Waals surface area contributed by atoms with Crippen molar-refractivity contribution in [3.63, 3.8) is 0 Å². The zero-order valence-corrected chi connectivity index (χ0v) is 19.8. The minimum Gasteiger partial charge on any atom is -0.454 e. The molecule has 1 heterocycles. The van der Waals surface area contributed by atoms with Crippen LogP contribution in [0.4, 0.5) is 0 Å². The number of ether oxygens (including phenoxy) is 3. The molecule has 0 bridgehead atoms. The van der Waals surface area contributed by atoms with Crippen LogP contribution in [0.3, 0.4) is 0 Å². The van der Waals surface area contributed by atoms with E-state index in [1.807, 2.05) is 6.08 Å². The lowest BCUT2D eigenvalue weighted by atomic mass is 9.99. The quantitative estimate of drug-likeness (QED) is 0.0762. The zero-order chi connectivity index (χ0) is 25.6. The van der Waals surface area contributed by atoms with Crippen LogP contribution in [0.15, 0.2) is 47.6 Å². The summed E-state index contributed by atoms with van der Waals surface area (Å²) in [6.45, 7) is 1.18. The van der Waals surface area contributed by atoms with E-state index in [4.69, 9.17) is 19.7 Å². The van der Waals surface area contributed by atoms with Gasteiger partial charge >= 0.3 is 5.97 Å². The van der Waals surface area contributed by atoms with Gasteiger partial charge in [-0.2, -0.15) is 0 Å². The van der Waals surface area contributed by atoms with Gasteiger partial charge in [-0.25, -0.2) is 4.79 Å². The van der Waals surface area contributed by atoms with Gasteiger partial charge in [0.25, 0.3) is 0 Å². The summed E-state index contributed by atoms with van der Waals surface area (Å²) in [5, 5.41) is 43.1. The van der Waals surface area contributed by atoms with Crippen molar-refractivity contribution in [3.8, 4) is 0 Å². The summed E-state index contributed by atoms with van der Waals surface area (Å²) in [5.41, 5.74) is 9.43. The van der Waals surface area contributed by atoms with Crippen molar-refractivity contribution < 1.29 is 39.4 Å². The number of carbonyl (C=O) groups excluding carboxylic acids is 1. The molecule has 1 saturated heterocycles. The van der Waals surface area contributed by atoms with Crippen molar-refractivity contribution in [3.05, 3.63) is 58.5 Å². The second-order valence-electron chi connectivity index (χ2n) is 8.32. The van der Waals surface area contributed by atoms with Crippen molar-refractivity contribution >= 4 is 5.97 Å². The second-order valence-corrected chi connectivity index (χ2v) is 8.32. The molecule has 1 aromatic carbocycles. The average Bonchev–Trinajstić information content (AvgIpc) is 2.88. The summed E-state index contributed by atoms with van der Waals surface area (Å²) in [6, 6.07) is 7.33. The molecule has 0 spiro atoms. The first-order valence-electron chi connectivity index (χ1n) is 11.8. The number of hydrogen-bond donors (Lipinski definition) is 4. The van der Waals surface area contributed by atoms with Crippen molar-refractivity contribution in [2.24, 2.45) is 5.11 Å². The van der Waals surface area contributed by atoms with Crippen LogP contribution in [0.25, 0.3) is 10.4 Å². The maximum absolute atomic E-state index is 12.7. The van der Waals surface area contributed by atoms with Gasteiger partial charge in [0.2, 0.25) is 0 Å². The number of allylic oxidation sites excluding steroid dienone is 1. The highest BCUT2D eigenvalue weighted by molar-refractivity contribution is 5.89. The fraction of sp³-hybridized carbons (Fsp3) is 0.625. The number of hydrogen-bond acceptors (Lipinski definition) is 9. The van der Waals surface area contributed by atoms with Crippen LogP contribution in [-0.2, 0) is 14.2 Å². The van der Waals surface area contributed by atoms with Crippen molar-refractivity contribution in [1.29, 1.82) is 0 Å². The molecule has 0 aromatic heterocycles. The van der Waals surface area contributed by atoms with E-state index in [0.29, 0.717) is 5.56 Å². The van der Waals surface area contributed by atoms with Crippen molar-refractivity contribution in [1.82, 2.24) is 0 Å². The highest BCUT2D eigenvalue weighted by atomic mass is 16.7. The minimum atomic E-state index is -1.61. The molecule has 0 amide bonds. The Morgan fingerprint density at radius 2 is 1.91 bits per heavy atom. The maximum atomic E-state index is 12.7. The molecular weight excluding hydrogens is 458 g/mol. The normalized spacial score (nSPS) is 26.1. The van der Waals surface area contributed by atoms with Gasteiger partial charge in [0.05, 0.1) is 18.8 Å².